The highest BCUT2D eigenvalue weighted by Crippen LogP contribution is 2.32. The molecule has 2 aromatic carbocycles. The van der Waals surface area contributed by atoms with E-state index in [1.54, 1.807) is 48.5 Å². The van der Waals surface area contributed by atoms with Crippen LogP contribution in [-0.2, 0) is 19.2 Å². The van der Waals surface area contributed by atoms with Crippen LogP contribution >= 0.6 is 0 Å². The largest absolute Gasteiger partial charge is 0.481 e. The standard InChI is InChI=1S/C21H22N2O5.C7H12O2/c24-13-22-14-5-9-16(10-6-14)28-17-11-7-15(8-12-17)23-20(25)18-3-1-2-4-19(18)21(26)27;8-7(9)6-4-2-1-3-5-6/h5-13,18-19H,1-4H2,(H,22,24)(H,23,25)(H,26,27);6H,1-5H2,(H,8,9)/t18-,19+;/m0./s1. The maximum Gasteiger partial charge on any atom is 0.307 e. The van der Waals surface area contributed by atoms with Gasteiger partial charge in [0, 0.05) is 11.4 Å². The first-order chi connectivity index (χ1) is 17.9. The molecular weight excluding hydrogens is 476 g/mol. The lowest BCUT2D eigenvalue weighted by Gasteiger charge is -2.27. The van der Waals surface area contributed by atoms with Gasteiger partial charge in [0.05, 0.1) is 17.8 Å². The zero-order valence-corrected chi connectivity index (χ0v) is 20.7. The number of hydrogen-bond acceptors (Lipinski definition) is 5. The van der Waals surface area contributed by atoms with Gasteiger partial charge in [0.25, 0.3) is 0 Å². The summed E-state index contributed by atoms with van der Waals surface area (Å²) in [6, 6.07) is 13.8. The predicted octanol–water partition coefficient (Wildman–Crippen LogP) is 5.53. The van der Waals surface area contributed by atoms with E-state index in [1.807, 2.05) is 0 Å². The maximum absolute atomic E-state index is 12.5. The zero-order valence-electron chi connectivity index (χ0n) is 20.7. The number of aliphatic carboxylic acids is 2. The SMILES string of the molecule is O=C(O)C1CCCCC1.O=CNc1ccc(Oc2ccc(NC(=O)[C@H]3CCCC[C@H]3C(=O)O)cc2)cc1. The molecule has 0 saturated heterocycles. The molecule has 0 spiro atoms. The molecule has 4 N–H and O–H groups in total. The first-order valence-corrected chi connectivity index (χ1v) is 12.7. The number of hydrogen-bond donors (Lipinski definition) is 4. The van der Waals surface area contributed by atoms with Crippen molar-refractivity contribution in [1.29, 1.82) is 0 Å². The summed E-state index contributed by atoms with van der Waals surface area (Å²) < 4.78 is 5.73. The molecule has 0 radical (unpaired) electrons. The highest BCUT2D eigenvalue weighted by Gasteiger charge is 2.35. The molecule has 198 valence electrons. The fraction of sp³-hybridized carbons (Fsp3) is 0.429. The lowest BCUT2D eigenvalue weighted by molar-refractivity contribution is -0.147. The fourth-order valence-corrected chi connectivity index (χ4v) is 4.75. The molecule has 2 aromatic rings. The van der Waals surface area contributed by atoms with E-state index in [9.17, 15) is 24.3 Å². The van der Waals surface area contributed by atoms with Crippen LogP contribution in [0.15, 0.2) is 48.5 Å². The third-order valence-electron chi connectivity index (χ3n) is 6.81. The Morgan fingerprint density at radius 1 is 0.703 bits per heavy atom. The van der Waals surface area contributed by atoms with E-state index in [4.69, 9.17) is 9.84 Å². The van der Waals surface area contributed by atoms with E-state index >= 15 is 0 Å². The Labute approximate surface area is 216 Å². The van der Waals surface area contributed by atoms with Crippen LogP contribution in [0.2, 0.25) is 0 Å². The van der Waals surface area contributed by atoms with E-state index in [2.05, 4.69) is 10.6 Å². The molecule has 0 heterocycles. The molecule has 2 saturated carbocycles. The lowest BCUT2D eigenvalue weighted by Crippen LogP contribution is -2.36. The van der Waals surface area contributed by atoms with Crippen molar-refractivity contribution in [2.75, 3.05) is 10.6 Å². The van der Waals surface area contributed by atoms with Gasteiger partial charge < -0.3 is 25.6 Å². The van der Waals surface area contributed by atoms with Crippen LogP contribution in [0.1, 0.15) is 57.8 Å². The molecule has 2 fully saturated rings. The molecule has 0 bridgehead atoms. The van der Waals surface area contributed by atoms with Crippen LogP contribution in [0.4, 0.5) is 11.4 Å². The molecule has 0 aliphatic heterocycles. The summed E-state index contributed by atoms with van der Waals surface area (Å²) in [5.74, 6) is -1.70. The van der Waals surface area contributed by atoms with Crippen LogP contribution in [0.3, 0.4) is 0 Å². The molecule has 2 atom stereocenters. The van der Waals surface area contributed by atoms with Crippen molar-refractivity contribution in [1.82, 2.24) is 0 Å². The van der Waals surface area contributed by atoms with Gasteiger partial charge in [-0.15, -0.1) is 0 Å². The normalized spacial score (nSPS) is 19.5. The van der Waals surface area contributed by atoms with Gasteiger partial charge in [-0.2, -0.15) is 0 Å². The number of carbonyl (C=O) groups is 4. The molecular formula is C28H34N2O7. The first-order valence-electron chi connectivity index (χ1n) is 12.7. The van der Waals surface area contributed by atoms with E-state index in [0.717, 1.165) is 38.5 Å². The van der Waals surface area contributed by atoms with Gasteiger partial charge in [0.2, 0.25) is 12.3 Å². The van der Waals surface area contributed by atoms with Crippen LogP contribution < -0.4 is 15.4 Å². The minimum Gasteiger partial charge on any atom is -0.481 e. The molecule has 2 amide bonds. The predicted molar refractivity (Wildman–Crippen MR) is 139 cm³/mol. The highest BCUT2D eigenvalue weighted by atomic mass is 16.5. The topological polar surface area (TPSA) is 142 Å². The lowest BCUT2D eigenvalue weighted by atomic mass is 9.78. The van der Waals surface area contributed by atoms with Crippen molar-refractivity contribution in [3.63, 3.8) is 0 Å². The van der Waals surface area contributed by atoms with Crippen molar-refractivity contribution in [3.05, 3.63) is 48.5 Å². The zero-order chi connectivity index (χ0) is 26.6. The Hall–Kier alpha value is -3.88. The summed E-state index contributed by atoms with van der Waals surface area (Å²) in [6.07, 6.45) is 8.70. The second kappa shape index (κ2) is 14.0. The second-order valence-corrected chi connectivity index (χ2v) is 9.41. The van der Waals surface area contributed by atoms with E-state index in [1.165, 1.54) is 6.42 Å². The van der Waals surface area contributed by atoms with Crippen molar-refractivity contribution < 1.29 is 34.1 Å². The van der Waals surface area contributed by atoms with Gasteiger partial charge in [0.1, 0.15) is 11.5 Å². The van der Waals surface area contributed by atoms with E-state index in [0.29, 0.717) is 42.1 Å². The average Bonchev–Trinajstić information content (AvgIpc) is 2.92. The maximum atomic E-state index is 12.5. The number of anilines is 2. The quantitative estimate of drug-likeness (QED) is 0.342. The minimum absolute atomic E-state index is 0.0289. The van der Waals surface area contributed by atoms with Crippen LogP contribution in [0, 0.1) is 17.8 Å². The minimum atomic E-state index is -0.905. The monoisotopic (exact) mass is 510 g/mol. The molecule has 9 heteroatoms. The van der Waals surface area contributed by atoms with Crippen LogP contribution in [0.25, 0.3) is 0 Å². The third kappa shape index (κ3) is 8.63. The molecule has 4 rings (SSSR count). The molecule has 0 unspecified atom stereocenters. The number of carboxylic acids is 2. The summed E-state index contributed by atoms with van der Waals surface area (Å²) >= 11 is 0. The summed E-state index contributed by atoms with van der Waals surface area (Å²) in [6.45, 7) is 0. The van der Waals surface area contributed by atoms with Gasteiger partial charge in [-0.05, 0) is 74.2 Å². The van der Waals surface area contributed by atoms with E-state index < -0.39 is 23.8 Å². The Kier molecular flexibility index (Phi) is 10.5. The molecule has 0 aromatic heterocycles. The van der Waals surface area contributed by atoms with Crippen molar-refractivity contribution in [2.24, 2.45) is 17.8 Å². The van der Waals surface area contributed by atoms with Gasteiger partial charge in [-0.1, -0.05) is 32.1 Å². The second-order valence-electron chi connectivity index (χ2n) is 9.41. The Morgan fingerprint density at radius 3 is 1.70 bits per heavy atom. The number of carbonyl (C=O) groups excluding carboxylic acids is 2. The summed E-state index contributed by atoms with van der Waals surface area (Å²) in [5.41, 5.74) is 1.26. The van der Waals surface area contributed by atoms with Crippen LogP contribution in [0.5, 0.6) is 11.5 Å². The Balaban J connectivity index is 0.000000356. The van der Waals surface area contributed by atoms with Crippen LogP contribution in [-0.4, -0.2) is 34.5 Å². The van der Waals surface area contributed by atoms with E-state index in [-0.39, 0.29) is 11.8 Å². The van der Waals surface area contributed by atoms with Gasteiger partial charge in [-0.25, -0.2) is 0 Å². The first kappa shape index (κ1) is 27.7. The van der Waals surface area contributed by atoms with Gasteiger partial charge in [-0.3, -0.25) is 19.2 Å². The average molecular weight is 511 g/mol. The molecule has 37 heavy (non-hydrogen) atoms. The smallest absolute Gasteiger partial charge is 0.307 e. The molecule has 2 aliphatic carbocycles. The van der Waals surface area contributed by atoms with Crippen molar-refractivity contribution in [3.8, 4) is 11.5 Å². The number of ether oxygens (including phenoxy) is 1. The molecule has 9 nitrogen and oxygen atoms in total. The van der Waals surface area contributed by atoms with Gasteiger partial charge in [0.15, 0.2) is 0 Å². The van der Waals surface area contributed by atoms with Crippen molar-refractivity contribution >= 4 is 35.6 Å². The fourth-order valence-electron chi connectivity index (χ4n) is 4.75. The summed E-state index contributed by atoms with van der Waals surface area (Å²) in [7, 11) is 0. The highest BCUT2D eigenvalue weighted by molar-refractivity contribution is 5.95. The number of rotatable bonds is 8. The number of benzene rings is 2. The molecule has 2 aliphatic rings. The summed E-state index contributed by atoms with van der Waals surface area (Å²) in [4.78, 5) is 44.7. The Morgan fingerprint density at radius 2 is 1.22 bits per heavy atom. The number of carboxylic acid groups (broad SMARTS) is 2. The van der Waals surface area contributed by atoms with Crippen molar-refractivity contribution in [2.45, 2.75) is 57.8 Å². The number of amides is 2. The summed E-state index contributed by atoms with van der Waals surface area (Å²) in [5, 5.41) is 23.2. The third-order valence-corrected chi connectivity index (χ3v) is 6.81. The van der Waals surface area contributed by atoms with Gasteiger partial charge >= 0.3 is 11.9 Å². The number of nitrogens with one attached hydrogen (secondary N) is 2. The Bertz CT molecular complexity index is 1050.